The maximum Gasteiger partial charge on any atom is 0.410 e. The lowest BCUT2D eigenvalue weighted by molar-refractivity contribution is 0.0216. The number of nitrogens with zero attached hydrogens (tertiary/aromatic N) is 3. The minimum atomic E-state index is -0.534. The number of benzene rings is 1. The smallest absolute Gasteiger partial charge is 0.410 e. The van der Waals surface area contributed by atoms with Crippen LogP contribution in [0.25, 0.3) is 10.9 Å². The maximum absolute atomic E-state index is 12.6. The second-order valence-electron chi connectivity index (χ2n) is 8.50. The molecule has 1 aromatic heterocycles. The predicted molar refractivity (Wildman–Crippen MR) is 107 cm³/mol. The van der Waals surface area contributed by atoms with Gasteiger partial charge >= 0.3 is 6.09 Å². The summed E-state index contributed by atoms with van der Waals surface area (Å²) in [7, 11) is 1.68. The molecular weight excluding hydrogens is 358 g/mol. The van der Waals surface area contributed by atoms with E-state index in [9.17, 15) is 9.90 Å². The lowest BCUT2D eigenvalue weighted by Crippen LogP contribution is -2.37. The van der Waals surface area contributed by atoms with Crippen molar-refractivity contribution in [3.63, 3.8) is 0 Å². The SMILES string of the molecule is COCCCn1nc(C)c2c(O)cc(CN(C(=O)OC(C)(C)C)C3CC3)cc21. The molecule has 0 spiro atoms. The van der Waals surface area contributed by atoms with Gasteiger partial charge in [-0.15, -0.1) is 0 Å². The molecule has 1 saturated carbocycles. The van der Waals surface area contributed by atoms with Crippen LogP contribution in [-0.2, 0) is 22.6 Å². The Morgan fingerprint density at radius 3 is 2.68 bits per heavy atom. The van der Waals surface area contributed by atoms with Gasteiger partial charge in [0.1, 0.15) is 11.4 Å². The zero-order chi connectivity index (χ0) is 20.5. The Hall–Kier alpha value is -2.28. The zero-order valence-corrected chi connectivity index (χ0v) is 17.5. The topological polar surface area (TPSA) is 76.8 Å². The Morgan fingerprint density at radius 1 is 1.36 bits per heavy atom. The molecule has 0 aliphatic heterocycles. The van der Waals surface area contributed by atoms with Gasteiger partial charge in [-0.05, 0) is 64.7 Å². The molecule has 1 fully saturated rings. The number of fused-ring (bicyclic) bond motifs is 1. The first-order chi connectivity index (χ1) is 13.2. The summed E-state index contributed by atoms with van der Waals surface area (Å²) in [5, 5.41) is 15.9. The normalized spacial score (nSPS) is 14.5. The number of ether oxygens (including phenoxy) is 2. The van der Waals surface area contributed by atoms with Gasteiger partial charge < -0.3 is 19.5 Å². The highest BCUT2D eigenvalue weighted by molar-refractivity contribution is 5.88. The van der Waals surface area contributed by atoms with E-state index in [2.05, 4.69) is 5.10 Å². The molecule has 0 atom stereocenters. The minimum absolute atomic E-state index is 0.197. The largest absolute Gasteiger partial charge is 0.507 e. The van der Waals surface area contributed by atoms with Crippen molar-refractivity contribution in [2.75, 3.05) is 13.7 Å². The van der Waals surface area contributed by atoms with Crippen molar-refractivity contribution in [2.45, 2.75) is 71.7 Å². The number of aromatic nitrogens is 2. The van der Waals surface area contributed by atoms with Crippen molar-refractivity contribution < 1.29 is 19.4 Å². The van der Waals surface area contributed by atoms with E-state index in [1.165, 1.54) is 0 Å². The summed E-state index contributed by atoms with van der Waals surface area (Å²) in [6.07, 6.45) is 2.51. The molecule has 7 heteroatoms. The Kier molecular flexibility index (Phi) is 5.84. The van der Waals surface area contributed by atoms with Gasteiger partial charge in [0.15, 0.2) is 0 Å². The molecule has 2 aromatic rings. The number of hydrogen-bond acceptors (Lipinski definition) is 5. The van der Waals surface area contributed by atoms with Gasteiger partial charge in [-0.2, -0.15) is 5.10 Å². The van der Waals surface area contributed by atoms with E-state index in [1.54, 1.807) is 18.1 Å². The van der Waals surface area contributed by atoms with Crippen molar-refractivity contribution in [3.8, 4) is 5.75 Å². The summed E-state index contributed by atoms with van der Waals surface area (Å²) in [5.41, 5.74) is 2.01. The van der Waals surface area contributed by atoms with Gasteiger partial charge in [0.25, 0.3) is 0 Å². The summed E-state index contributed by atoms with van der Waals surface area (Å²) >= 11 is 0. The summed E-state index contributed by atoms with van der Waals surface area (Å²) in [6, 6.07) is 3.96. The summed E-state index contributed by atoms with van der Waals surface area (Å²) < 4.78 is 12.6. The van der Waals surface area contributed by atoms with Gasteiger partial charge in [-0.25, -0.2) is 4.79 Å². The zero-order valence-electron chi connectivity index (χ0n) is 17.5. The van der Waals surface area contributed by atoms with Crippen LogP contribution in [0.4, 0.5) is 4.79 Å². The number of carbonyl (C=O) groups excluding carboxylic acids is 1. The first-order valence-corrected chi connectivity index (χ1v) is 9.87. The second-order valence-corrected chi connectivity index (χ2v) is 8.50. The molecule has 154 valence electrons. The van der Waals surface area contributed by atoms with Gasteiger partial charge in [-0.3, -0.25) is 4.68 Å². The molecule has 1 aliphatic carbocycles. The number of aromatic hydroxyl groups is 1. The lowest BCUT2D eigenvalue weighted by Gasteiger charge is -2.27. The Labute approximate surface area is 166 Å². The van der Waals surface area contributed by atoms with Crippen LogP contribution in [0.15, 0.2) is 12.1 Å². The number of rotatable bonds is 7. The molecule has 0 bridgehead atoms. The Balaban J connectivity index is 1.87. The van der Waals surface area contributed by atoms with E-state index in [0.717, 1.165) is 41.4 Å². The monoisotopic (exact) mass is 389 g/mol. The third-order valence-electron chi connectivity index (χ3n) is 4.75. The summed E-state index contributed by atoms with van der Waals surface area (Å²) in [4.78, 5) is 14.4. The minimum Gasteiger partial charge on any atom is -0.507 e. The molecule has 0 radical (unpaired) electrons. The van der Waals surface area contributed by atoms with E-state index in [0.29, 0.717) is 19.7 Å². The molecule has 1 aliphatic rings. The molecule has 1 N–H and O–H groups in total. The van der Waals surface area contributed by atoms with Crippen molar-refractivity contribution in [1.29, 1.82) is 0 Å². The number of methoxy groups -OCH3 is 1. The highest BCUT2D eigenvalue weighted by Crippen LogP contribution is 2.33. The van der Waals surface area contributed by atoms with Crippen molar-refractivity contribution >= 4 is 17.0 Å². The van der Waals surface area contributed by atoms with E-state index in [-0.39, 0.29) is 17.9 Å². The van der Waals surface area contributed by atoms with Gasteiger partial charge in [-0.1, -0.05) is 0 Å². The fourth-order valence-electron chi connectivity index (χ4n) is 3.39. The van der Waals surface area contributed by atoms with Crippen LogP contribution in [0, 0.1) is 6.92 Å². The fourth-order valence-corrected chi connectivity index (χ4v) is 3.39. The molecule has 7 nitrogen and oxygen atoms in total. The van der Waals surface area contributed by atoms with Crippen LogP contribution >= 0.6 is 0 Å². The average molecular weight is 389 g/mol. The molecule has 0 saturated heterocycles. The van der Waals surface area contributed by atoms with Gasteiger partial charge in [0.2, 0.25) is 0 Å². The van der Waals surface area contributed by atoms with Crippen molar-refractivity contribution in [3.05, 3.63) is 23.4 Å². The number of hydrogen-bond donors (Lipinski definition) is 1. The van der Waals surface area contributed by atoms with Crippen LogP contribution in [0.5, 0.6) is 5.75 Å². The molecule has 28 heavy (non-hydrogen) atoms. The van der Waals surface area contributed by atoms with Crippen LogP contribution in [0.3, 0.4) is 0 Å². The van der Waals surface area contributed by atoms with E-state index in [1.807, 2.05) is 38.4 Å². The fraction of sp³-hybridized carbons (Fsp3) is 0.619. The van der Waals surface area contributed by atoms with Crippen LogP contribution in [-0.4, -0.2) is 51.2 Å². The second kappa shape index (κ2) is 7.99. The average Bonchev–Trinajstić information content (AvgIpc) is 3.36. The number of aryl methyl sites for hydroxylation is 2. The summed E-state index contributed by atoms with van der Waals surface area (Å²) in [6.45, 7) is 9.27. The first-order valence-electron chi connectivity index (χ1n) is 9.87. The maximum atomic E-state index is 12.6. The van der Waals surface area contributed by atoms with Crippen LogP contribution in [0.2, 0.25) is 0 Å². The van der Waals surface area contributed by atoms with Gasteiger partial charge in [0, 0.05) is 32.8 Å². The third-order valence-corrected chi connectivity index (χ3v) is 4.75. The third kappa shape index (κ3) is 4.76. The Morgan fingerprint density at radius 2 is 2.07 bits per heavy atom. The highest BCUT2D eigenvalue weighted by Gasteiger charge is 2.35. The lowest BCUT2D eigenvalue weighted by atomic mass is 10.1. The molecule has 1 amide bonds. The number of amides is 1. The van der Waals surface area contributed by atoms with Crippen LogP contribution in [0.1, 0.15) is 51.3 Å². The van der Waals surface area contributed by atoms with Crippen molar-refractivity contribution in [2.24, 2.45) is 0 Å². The van der Waals surface area contributed by atoms with E-state index < -0.39 is 5.60 Å². The quantitative estimate of drug-likeness (QED) is 0.725. The van der Waals surface area contributed by atoms with E-state index >= 15 is 0 Å². The van der Waals surface area contributed by atoms with E-state index in [4.69, 9.17) is 9.47 Å². The molecule has 1 aromatic carbocycles. The molecule has 1 heterocycles. The molecule has 0 unspecified atom stereocenters. The first kappa shape index (κ1) is 20.5. The Bertz CT molecular complexity index is 849. The summed E-state index contributed by atoms with van der Waals surface area (Å²) in [5.74, 6) is 0.197. The predicted octanol–water partition coefficient (Wildman–Crippen LogP) is 3.99. The molecular formula is C21H31N3O4. The van der Waals surface area contributed by atoms with Crippen LogP contribution < -0.4 is 0 Å². The standard InChI is InChI=1S/C21H31N3O4/c1-14-19-17(24(22-14)9-6-10-27-5)11-15(12-18(19)25)13-23(16-7-8-16)20(26)28-21(2,3)4/h11-12,16,25H,6-10,13H2,1-5H3. The highest BCUT2D eigenvalue weighted by atomic mass is 16.6. The number of carbonyl (C=O) groups is 1. The van der Waals surface area contributed by atoms with Gasteiger partial charge in [0.05, 0.1) is 16.6 Å². The number of phenols is 1. The van der Waals surface area contributed by atoms with Crippen molar-refractivity contribution in [1.82, 2.24) is 14.7 Å². The number of phenolic OH excluding ortho intramolecular Hbond substituents is 1. The molecule has 3 rings (SSSR count).